The molecule has 0 aromatic heterocycles. The Morgan fingerprint density at radius 3 is 2.71 bits per heavy atom. The van der Waals surface area contributed by atoms with Crippen molar-refractivity contribution >= 4 is 27.7 Å². The monoisotopic (exact) mass is 304 g/mol. The summed E-state index contributed by atoms with van der Waals surface area (Å²) in [4.78, 5) is 1.40. The van der Waals surface area contributed by atoms with E-state index in [2.05, 4.69) is 65.3 Å². The van der Waals surface area contributed by atoms with Gasteiger partial charge in [-0.05, 0) is 38.7 Å². The first kappa shape index (κ1) is 11.4. The Labute approximate surface area is 115 Å². The second-order valence-electron chi connectivity index (χ2n) is 4.37. The third-order valence-electron chi connectivity index (χ3n) is 3.36. The number of hydrogen-bond donors (Lipinski definition) is 0. The molecule has 1 atom stereocenters. The minimum absolute atomic E-state index is 0.480. The zero-order valence-electron chi connectivity index (χ0n) is 9.61. The maximum absolute atomic E-state index is 3.67. The molecular weight excluding hydrogens is 292 g/mol. The van der Waals surface area contributed by atoms with Crippen LogP contribution in [0.5, 0.6) is 0 Å². The van der Waals surface area contributed by atoms with Crippen molar-refractivity contribution in [2.24, 2.45) is 0 Å². The van der Waals surface area contributed by atoms with Crippen LogP contribution in [0.1, 0.15) is 29.5 Å². The summed E-state index contributed by atoms with van der Waals surface area (Å²) in [6.07, 6.45) is 0. The molecule has 86 valence electrons. The summed E-state index contributed by atoms with van der Waals surface area (Å²) >= 11 is 5.60. The van der Waals surface area contributed by atoms with Gasteiger partial charge in [0.15, 0.2) is 0 Å². The predicted molar refractivity (Wildman–Crippen MR) is 77.7 cm³/mol. The van der Waals surface area contributed by atoms with Crippen LogP contribution in [0.2, 0.25) is 0 Å². The first-order chi connectivity index (χ1) is 8.27. The van der Waals surface area contributed by atoms with E-state index < -0.39 is 0 Å². The fourth-order valence-corrected chi connectivity index (χ4v) is 4.33. The van der Waals surface area contributed by atoms with Gasteiger partial charge >= 0.3 is 0 Å². The van der Waals surface area contributed by atoms with Crippen LogP contribution >= 0.6 is 27.7 Å². The van der Waals surface area contributed by atoms with Gasteiger partial charge in [0.2, 0.25) is 0 Å². The third kappa shape index (κ3) is 1.94. The quantitative estimate of drug-likeness (QED) is 0.644. The van der Waals surface area contributed by atoms with E-state index in [0.717, 1.165) is 5.75 Å². The maximum atomic E-state index is 3.67. The summed E-state index contributed by atoms with van der Waals surface area (Å²) in [5.74, 6) is 1.55. The molecule has 3 rings (SSSR count). The topological polar surface area (TPSA) is 0 Å². The van der Waals surface area contributed by atoms with Gasteiger partial charge in [0.25, 0.3) is 0 Å². The standard InChI is InChI=1S/C15H13BrS/c1-10-12-6-3-2-5-11(12)9-17-15-13(10)7-4-8-14(15)16/h2-8,10H,9H2,1H3. The van der Waals surface area contributed by atoms with Gasteiger partial charge in [-0.2, -0.15) is 0 Å². The highest BCUT2D eigenvalue weighted by molar-refractivity contribution is 9.10. The molecule has 0 saturated heterocycles. The van der Waals surface area contributed by atoms with Gasteiger partial charge in [-0.25, -0.2) is 0 Å². The minimum Gasteiger partial charge on any atom is -0.120 e. The lowest BCUT2D eigenvalue weighted by atomic mass is 9.90. The Morgan fingerprint density at radius 2 is 1.82 bits per heavy atom. The second kappa shape index (κ2) is 4.51. The van der Waals surface area contributed by atoms with E-state index in [0.29, 0.717) is 5.92 Å². The van der Waals surface area contributed by atoms with Crippen molar-refractivity contribution in [3.05, 3.63) is 63.6 Å². The fraction of sp³-hybridized carbons (Fsp3) is 0.200. The molecule has 0 amide bonds. The average molecular weight is 305 g/mol. The van der Waals surface area contributed by atoms with Crippen molar-refractivity contribution in [1.82, 2.24) is 0 Å². The van der Waals surface area contributed by atoms with Gasteiger partial charge in [-0.15, -0.1) is 11.8 Å². The van der Waals surface area contributed by atoms with Crippen LogP contribution in [-0.2, 0) is 5.75 Å². The molecule has 0 nitrogen and oxygen atoms in total. The van der Waals surface area contributed by atoms with E-state index in [4.69, 9.17) is 0 Å². The average Bonchev–Trinajstić information content (AvgIpc) is 2.50. The van der Waals surface area contributed by atoms with E-state index in [-0.39, 0.29) is 0 Å². The molecule has 0 saturated carbocycles. The van der Waals surface area contributed by atoms with Crippen molar-refractivity contribution in [3.63, 3.8) is 0 Å². The Balaban J connectivity index is 2.20. The van der Waals surface area contributed by atoms with E-state index >= 15 is 0 Å². The molecular formula is C15H13BrS. The molecule has 2 heteroatoms. The lowest BCUT2D eigenvalue weighted by molar-refractivity contribution is 0.887. The molecule has 0 fully saturated rings. The van der Waals surface area contributed by atoms with Crippen LogP contribution in [0.3, 0.4) is 0 Å². The van der Waals surface area contributed by atoms with Crippen molar-refractivity contribution < 1.29 is 0 Å². The Morgan fingerprint density at radius 1 is 1.06 bits per heavy atom. The van der Waals surface area contributed by atoms with E-state index in [9.17, 15) is 0 Å². The first-order valence-corrected chi connectivity index (χ1v) is 7.54. The highest BCUT2D eigenvalue weighted by Gasteiger charge is 2.21. The number of fused-ring (bicyclic) bond motifs is 2. The van der Waals surface area contributed by atoms with Crippen LogP contribution in [0.15, 0.2) is 51.8 Å². The molecule has 1 aliphatic rings. The van der Waals surface area contributed by atoms with E-state index in [1.807, 2.05) is 11.8 Å². The molecule has 2 aromatic carbocycles. The molecule has 1 unspecified atom stereocenters. The van der Waals surface area contributed by atoms with Crippen LogP contribution in [0.25, 0.3) is 0 Å². The largest absolute Gasteiger partial charge is 0.120 e. The third-order valence-corrected chi connectivity index (χ3v) is 5.48. The summed E-state index contributed by atoms with van der Waals surface area (Å²) in [7, 11) is 0. The number of hydrogen-bond acceptors (Lipinski definition) is 1. The zero-order valence-corrected chi connectivity index (χ0v) is 12.0. The SMILES string of the molecule is CC1c2ccccc2CSc2c(Br)cccc21. The van der Waals surface area contributed by atoms with Gasteiger partial charge in [0.05, 0.1) is 0 Å². The van der Waals surface area contributed by atoms with Gasteiger partial charge in [0.1, 0.15) is 0 Å². The van der Waals surface area contributed by atoms with Crippen molar-refractivity contribution in [2.75, 3.05) is 0 Å². The van der Waals surface area contributed by atoms with E-state index in [1.54, 1.807) is 0 Å². The zero-order chi connectivity index (χ0) is 11.8. The highest BCUT2D eigenvalue weighted by atomic mass is 79.9. The summed E-state index contributed by atoms with van der Waals surface area (Å²) in [6, 6.07) is 15.3. The second-order valence-corrected chi connectivity index (χ2v) is 6.21. The predicted octanol–water partition coefficient (Wildman–Crippen LogP) is 5.21. The molecule has 17 heavy (non-hydrogen) atoms. The normalized spacial score (nSPS) is 18.1. The van der Waals surface area contributed by atoms with Gasteiger partial charge in [0, 0.05) is 21.0 Å². The van der Waals surface area contributed by atoms with Crippen molar-refractivity contribution in [1.29, 1.82) is 0 Å². The lowest BCUT2D eigenvalue weighted by Crippen LogP contribution is -1.98. The lowest BCUT2D eigenvalue weighted by Gasteiger charge is -2.15. The number of benzene rings is 2. The van der Waals surface area contributed by atoms with Crippen molar-refractivity contribution in [2.45, 2.75) is 23.5 Å². The van der Waals surface area contributed by atoms with E-state index in [1.165, 1.54) is 26.1 Å². The smallest absolute Gasteiger partial charge is 0.0314 e. The maximum Gasteiger partial charge on any atom is 0.0314 e. The van der Waals surface area contributed by atoms with Crippen LogP contribution in [0.4, 0.5) is 0 Å². The molecule has 2 aromatic rings. The van der Waals surface area contributed by atoms with Crippen molar-refractivity contribution in [3.8, 4) is 0 Å². The first-order valence-electron chi connectivity index (χ1n) is 5.76. The van der Waals surface area contributed by atoms with Crippen LogP contribution < -0.4 is 0 Å². The Hall–Kier alpha value is -0.730. The van der Waals surface area contributed by atoms with Gasteiger partial charge in [-0.1, -0.05) is 43.3 Å². The Kier molecular flexibility index (Phi) is 3.01. The van der Waals surface area contributed by atoms with Crippen LogP contribution in [0, 0.1) is 0 Å². The molecule has 0 bridgehead atoms. The van der Waals surface area contributed by atoms with Gasteiger partial charge < -0.3 is 0 Å². The molecule has 0 N–H and O–H groups in total. The van der Waals surface area contributed by atoms with Crippen LogP contribution in [-0.4, -0.2) is 0 Å². The number of thioether (sulfide) groups is 1. The summed E-state index contributed by atoms with van der Waals surface area (Å²) < 4.78 is 1.22. The molecule has 0 radical (unpaired) electrons. The Bertz CT molecular complexity index is 563. The summed E-state index contributed by atoms with van der Waals surface area (Å²) in [5.41, 5.74) is 4.37. The van der Waals surface area contributed by atoms with Gasteiger partial charge in [-0.3, -0.25) is 0 Å². The molecule has 1 heterocycles. The summed E-state index contributed by atoms with van der Waals surface area (Å²) in [6.45, 7) is 2.30. The molecule has 0 spiro atoms. The highest BCUT2D eigenvalue weighted by Crippen LogP contribution is 2.43. The fourth-order valence-electron chi connectivity index (χ4n) is 2.42. The number of halogens is 1. The minimum atomic E-state index is 0.480. The number of rotatable bonds is 0. The molecule has 0 aliphatic carbocycles. The summed E-state index contributed by atoms with van der Waals surface area (Å²) in [5, 5.41) is 0. The molecule has 1 aliphatic heterocycles.